The maximum Gasteiger partial charge on any atom is 0.247 e. The first kappa shape index (κ1) is 21.5. The van der Waals surface area contributed by atoms with Crippen LogP contribution < -0.4 is 10.6 Å². The highest BCUT2D eigenvalue weighted by molar-refractivity contribution is 6.31. The number of hydrogen-bond acceptors (Lipinski definition) is 4. The van der Waals surface area contributed by atoms with Crippen LogP contribution in [-0.4, -0.2) is 23.5 Å². The minimum atomic E-state index is -0.786. The predicted molar refractivity (Wildman–Crippen MR) is 125 cm³/mol. The molecule has 0 radical (unpaired) electrons. The highest BCUT2D eigenvalue weighted by atomic mass is 35.5. The Hall–Kier alpha value is -3.70. The number of aryl methyl sites for hydroxylation is 1. The molecular weight excluding hydrogens is 424 g/mol. The third kappa shape index (κ3) is 4.63. The molecule has 0 heterocycles. The maximum absolute atomic E-state index is 13.2. The van der Waals surface area contributed by atoms with Gasteiger partial charge in [0.15, 0.2) is 5.78 Å². The van der Waals surface area contributed by atoms with Crippen LogP contribution >= 0.6 is 11.6 Å². The van der Waals surface area contributed by atoms with E-state index in [9.17, 15) is 14.4 Å². The van der Waals surface area contributed by atoms with Gasteiger partial charge >= 0.3 is 0 Å². The summed E-state index contributed by atoms with van der Waals surface area (Å²) in [4.78, 5) is 38.7. The zero-order chi connectivity index (χ0) is 22.7. The lowest BCUT2D eigenvalue weighted by Gasteiger charge is -2.23. The number of rotatable bonds is 6. The summed E-state index contributed by atoms with van der Waals surface area (Å²) < 4.78 is 0. The molecule has 1 aliphatic rings. The SMILES string of the molecule is Cc1ccc(NC(=O)C(Cc2ccccc2)NC2=CC(=O)c3ccccc3C2=O)cc1Cl. The van der Waals surface area contributed by atoms with Gasteiger partial charge in [0, 0.05) is 34.3 Å². The first-order valence-corrected chi connectivity index (χ1v) is 10.6. The summed E-state index contributed by atoms with van der Waals surface area (Å²) in [6.45, 7) is 1.88. The van der Waals surface area contributed by atoms with Crippen molar-refractivity contribution in [3.8, 4) is 0 Å². The number of fused-ring (bicyclic) bond motifs is 1. The van der Waals surface area contributed by atoms with Crippen molar-refractivity contribution in [2.24, 2.45) is 0 Å². The van der Waals surface area contributed by atoms with Crippen molar-refractivity contribution in [1.29, 1.82) is 0 Å². The van der Waals surface area contributed by atoms with E-state index in [4.69, 9.17) is 11.6 Å². The third-order valence-corrected chi connectivity index (χ3v) is 5.73. The zero-order valence-electron chi connectivity index (χ0n) is 17.4. The molecule has 1 atom stereocenters. The van der Waals surface area contributed by atoms with E-state index < -0.39 is 6.04 Å². The van der Waals surface area contributed by atoms with Gasteiger partial charge in [0.1, 0.15) is 6.04 Å². The van der Waals surface area contributed by atoms with Crippen LogP contribution in [-0.2, 0) is 11.2 Å². The average molecular weight is 445 g/mol. The van der Waals surface area contributed by atoms with Gasteiger partial charge in [-0.05, 0) is 30.2 Å². The van der Waals surface area contributed by atoms with Crippen molar-refractivity contribution in [3.05, 3.63) is 112 Å². The highest BCUT2D eigenvalue weighted by Gasteiger charge is 2.29. The van der Waals surface area contributed by atoms with E-state index in [1.807, 2.05) is 43.3 Å². The molecule has 0 saturated carbocycles. The van der Waals surface area contributed by atoms with Crippen molar-refractivity contribution in [3.63, 3.8) is 0 Å². The van der Waals surface area contributed by atoms with Crippen LogP contribution in [0.25, 0.3) is 0 Å². The average Bonchev–Trinajstić information content (AvgIpc) is 2.80. The van der Waals surface area contributed by atoms with E-state index >= 15 is 0 Å². The van der Waals surface area contributed by atoms with E-state index in [0.717, 1.165) is 11.1 Å². The summed E-state index contributed by atoms with van der Waals surface area (Å²) >= 11 is 6.19. The Morgan fingerprint density at radius 3 is 2.34 bits per heavy atom. The molecule has 0 aliphatic heterocycles. The third-order valence-electron chi connectivity index (χ3n) is 5.33. The molecule has 3 aromatic rings. The molecule has 2 N–H and O–H groups in total. The molecule has 0 aromatic heterocycles. The highest BCUT2D eigenvalue weighted by Crippen LogP contribution is 2.22. The normalized spacial score (nSPS) is 13.8. The van der Waals surface area contributed by atoms with E-state index in [1.54, 1.807) is 36.4 Å². The molecule has 1 aliphatic carbocycles. The Morgan fingerprint density at radius 1 is 0.938 bits per heavy atom. The molecule has 4 rings (SSSR count). The van der Waals surface area contributed by atoms with Crippen molar-refractivity contribution >= 4 is 34.8 Å². The molecule has 5 nitrogen and oxygen atoms in total. The van der Waals surface area contributed by atoms with Crippen LogP contribution in [0.3, 0.4) is 0 Å². The summed E-state index contributed by atoms with van der Waals surface area (Å²) in [5.41, 5.74) is 3.16. The summed E-state index contributed by atoms with van der Waals surface area (Å²) in [6, 6.07) is 20.6. The van der Waals surface area contributed by atoms with Crippen LogP contribution in [0.2, 0.25) is 5.02 Å². The topological polar surface area (TPSA) is 75.3 Å². The van der Waals surface area contributed by atoms with Crippen molar-refractivity contribution < 1.29 is 14.4 Å². The second kappa shape index (κ2) is 9.20. The number of ketones is 2. The molecule has 0 bridgehead atoms. The Balaban J connectivity index is 1.61. The quantitative estimate of drug-likeness (QED) is 0.575. The molecule has 0 saturated heterocycles. The van der Waals surface area contributed by atoms with Crippen LogP contribution in [0.15, 0.2) is 84.6 Å². The number of anilines is 1. The Labute approximate surface area is 191 Å². The smallest absolute Gasteiger partial charge is 0.247 e. The minimum Gasteiger partial charge on any atom is -0.370 e. The van der Waals surface area contributed by atoms with Crippen molar-refractivity contribution in [2.45, 2.75) is 19.4 Å². The van der Waals surface area contributed by atoms with Gasteiger partial charge in [-0.15, -0.1) is 0 Å². The Kier molecular flexibility index (Phi) is 6.19. The number of allylic oxidation sites excluding steroid dienone is 2. The van der Waals surface area contributed by atoms with Gasteiger partial charge in [-0.1, -0.05) is 72.3 Å². The van der Waals surface area contributed by atoms with Crippen LogP contribution in [0.4, 0.5) is 5.69 Å². The predicted octanol–water partition coefficient (Wildman–Crippen LogP) is 4.75. The number of carbonyl (C=O) groups excluding carboxylic acids is 3. The molecular formula is C26H21ClN2O3. The largest absolute Gasteiger partial charge is 0.370 e. The fourth-order valence-electron chi connectivity index (χ4n) is 3.57. The number of Topliss-reactive ketones (excluding diaryl/α,β-unsaturated/α-hetero) is 1. The molecule has 1 unspecified atom stereocenters. The van der Waals surface area contributed by atoms with E-state index in [2.05, 4.69) is 10.6 Å². The lowest BCUT2D eigenvalue weighted by atomic mass is 9.92. The Morgan fingerprint density at radius 2 is 1.62 bits per heavy atom. The monoisotopic (exact) mass is 444 g/mol. The van der Waals surface area contributed by atoms with Gasteiger partial charge in [0.25, 0.3) is 0 Å². The fraction of sp³-hybridized carbons (Fsp3) is 0.115. The van der Waals surface area contributed by atoms with Gasteiger partial charge in [-0.25, -0.2) is 0 Å². The molecule has 3 aromatic carbocycles. The molecule has 160 valence electrons. The van der Waals surface area contributed by atoms with Crippen LogP contribution in [0, 0.1) is 6.92 Å². The summed E-state index contributed by atoms with van der Waals surface area (Å²) in [6.07, 6.45) is 1.59. The summed E-state index contributed by atoms with van der Waals surface area (Å²) in [5.74, 6) is -0.926. The standard InChI is InChI=1S/C26H21ClN2O3/c1-16-11-12-18(14-21(16)27)28-26(32)23(13-17-7-3-2-4-8-17)29-22-15-24(30)19-9-5-6-10-20(19)25(22)31/h2-12,14-15,23,29H,13H2,1H3,(H,28,32). The van der Waals surface area contributed by atoms with E-state index in [1.165, 1.54) is 6.08 Å². The van der Waals surface area contributed by atoms with Gasteiger partial charge in [-0.3, -0.25) is 14.4 Å². The zero-order valence-corrected chi connectivity index (χ0v) is 18.1. The van der Waals surface area contributed by atoms with Gasteiger partial charge in [0.2, 0.25) is 11.7 Å². The molecule has 0 fully saturated rings. The lowest BCUT2D eigenvalue weighted by molar-refractivity contribution is -0.117. The summed E-state index contributed by atoms with van der Waals surface area (Å²) in [7, 11) is 0. The number of halogens is 1. The number of amides is 1. The number of nitrogens with one attached hydrogen (secondary N) is 2. The Bertz CT molecular complexity index is 1230. The molecule has 32 heavy (non-hydrogen) atoms. The minimum absolute atomic E-state index is 0.103. The van der Waals surface area contributed by atoms with Gasteiger partial charge in [-0.2, -0.15) is 0 Å². The number of carbonyl (C=O) groups is 3. The maximum atomic E-state index is 13.2. The van der Waals surface area contributed by atoms with Gasteiger partial charge < -0.3 is 10.6 Å². The first-order valence-electron chi connectivity index (χ1n) is 10.2. The molecule has 1 amide bonds. The van der Waals surface area contributed by atoms with Crippen molar-refractivity contribution in [1.82, 2.24) is 5.32 Å². The molecule has 0 spiro atoms. The fourth-order valence-corrected chi connectivity index (χ4v) is 3.75. The lowest BCUT2D eigenvalue weighted by Crippen LogP contribution is -2.44. The second-order valence-corrected chi connectivity index (χ2v) is 8.04. The molecule has 6 heteroatoms. The van der Waals surface area contributed by atoms with E-state index in [-0.39, 0.29) is 23.2 Å². The number of benzene rings is 3. The summed E-state index contributed by atoms with van der Waals surface area (Å²) in [5, 5.41) is 6.42. The van der Waals surface area contributed by atoms with E-state index in [0.29, 0.717) is 28.3 Å². The second-order valence-electron chi connectivity index (χ2n) is 7.64. The van der Waals surface area contributed by atoms with Crippen LogP contribution in [0.5, 0.6) is 0 Å². The number of hydrogen-bond donors (Lipinski definition) is 2. The van der Waals surface area contributed by atoms with Gasteiger partial charge in [0.05, 0.1) is 5.70 Å². The van der Waals surface area contributed by atoms with Crippen LogP contribution in [0.1, 0.15) is 31.8 Å². The van der Waals surface area contributed by atoms with Crippen molar-refractivity contribution in [2.75, 3.05) is 5.32 Å². The first-order chi connectivity index (χ1) is 15.4.